The molecule has 2 aromatic rings. The van der Waals surface area contributed by atoms with Crippen LogP contribution in [0, 0.1) is 6.92 Å². The molecule has 0 aliphatic carbocycles. The van der Waals surface area contributed by atoms with Crippen molar-refractivity contribution in [2.45, 2.75) is 13.5 Å². The van der Waals surface area contributed by atoms with Gasteiger partial charge in [0.05, 0.1) is 12.2 Å². The van der Waals surface area contributed by atoms with Gasteiger partial charge < -0.3 is 19.3 Å². The number of ether oxygens (including phenoxy) is 2. The Kier molecular flexibility index (Phi) is 4.09. The summed E-state index contributed by atoms with van der Waals surface area (Å²) in [4.78, 5) is 11.8. The normalized spacial score (nSPS) is 13.3. The van der Waals surface area contributed by atoms with Gasteiger partial charge in [-0.25, -0.2) is 0 Å². The Bertz CT molecular complexity index is 706. The molecule has 0 unspecified atom stereocenters. The minimum atomic E-state index is -0.205. The van der Waals surface area contributed by atoms with Crippen molar-refractivity contribution < 1.29 is 18.8 Å². The predicted octanol–water partition coefficient (Wildman–Crippen LogP) is 2.08. The molecule has 0 radical (unpaired) electrons. The molecule has 114 valence electrons. The molecular formula is C16H16N2O4. The average molecular weight is 300 g/mol. The molecule has 1 aromatic carbocycles. The second-order valence-corrected chi connectivity index (χ2v) is 4.89. The lowest BCUT2D eigenvalue weighted by Crippen LogP contribution is -2.19. The van der Waals surface area contributed by atoms with Crippen molar-refractivity contribution in [1.29, 1.82) is 0 Å². The number of carbonyl (C=O) groups excluding carboxylic acids is 1. The van der Waals surface area contributed by atoms with E-state index in [1.54, 1.807) is 12.1 Å². The number of hydrogen-bond donors (Lipinski definition) is 1. The number of aromatic nitrogens is 1. The Hall–Kier alpha value is -2.76. The van der Waals surface area contributed by atoms with E-state index in [9.17, 15) is 4.79 Å². The summed E-state index contributed by atoms with van der Waals surface area (Å²) in [6, 6.07) is 7.34. The Morgan fingerprint density at radius 2 is 2.09 bits per heavy atom. The van der Waals surface area contributed by atoms with Gasteiger partial charge in [-0.15, -0.1) is 0 Å². The number of rotatable bonds is 4. The van der Waals surface area contributed by atoms with Crippen molar-refractivity contribution in [3.63, 3.8) is 0 Å². The van der Waals surface area contributed by atoms with Crippen LogP contribution in [-0.4, -0.2) is 24.3 Å². The lowest BCUT2D eigenvalue weighted by molar-refractivity contribution is -0.116. The van der Waals surface area contributed by atoms with E-state index in [1.165, 1.54) is 6.08 Å². The minimum Gasteiger partial charge on any atom is -0.486 e. The van der Waals surface area contributed by atoms with Crippen LogP contribution in [-0.2, 0) is 11.3 Å². The zero-order valence-corrected chi connectivity index (χ0v) is 12.2. The summed E-state index contributed by atoms with van der Waals surface area (Å²) in [6.45, 7) is 3.24. The second kappa shape index (κ2) is 6.34. The van der Waals surface area contributed by atoms with Gasteiger partial charge in [0.1, 0.15) is 13.2 Å². The number of hydrogen-bond acceptors (Lipinski definition) is 5. The van der Waals surface area contributed by atoms with Gasteiger partial charge in [-0.05, 0) is 30.7 Å². The van der Waals surface area contributed by atoms with Gasteiger partial charge in [0.25, 0.3) is 0 Å². The van der Waals surface area contributed by atoms with Crippen LogP contribution >= 0.6 is 0 Å². The van der Waals surface area contributed by atoms with E-state index in [2.05, 4.69) is 10.5 Å². The number of amides is 1. The van der Waals surface area contributed by atoms with E-state index < -0.39 is 0 Å². The van der Waals surface area contributed by atoms with Crippen molar-refractivity contribution in [2.24, 2.45) is 0 Å². The molecule has 0 saturated heterocycles. The Labute approximate surface area is 127 Å². The van der Waals surface area contributed by atoms with Crippen molar-refractivity contribution in [1.82, 2.24) is 10.5 Å². The van der Waals surface area contributed by atoms with E-state index in [1.807, 2.05) is 25.1 Å². The molecule has 1 aliphatic heterocycles. The Morgan fingerprint density at radius 3 is 2.86 bits per heavy atom. The van der Waals surface area contributed by atoms with Crippen LogP contribution in [0.4, 0.5) is 0 Å². The SMILES string of the molecule is Cc1cc(CNC(=O)/C=C/c2ccc3c(c2)OCCO3)on1. The fourth-order valence-corrected chi connectivity index (χ4v) is 2.07. The van der Waals surface area contributed by atoms with E-state index in [0.29, 0.717) is 31.3 Å². The van der Waals surface area contributed by atoms with Crippen LogP contribution in [0.15, 0.2) is 34.9 Å². The minimum absolute atomic E-state index is 0.205. The third-order valence-electron chi connectivity index (χ3n) is 3.11. The summed E-state index contributed by atoms with van der Waals surface area (Å²) in [7, 11) is 0. The molecule has 6 nitrogen and oxygen atoms in total. The first kappa shape index (κ1) is 14.2. The molecule has 1 aromatic heterocycles. The lowest BCUT2D eigenvalue weighted by atomic mass is 10.2. The summed E-state index contributed by atoms with van der Waals surface area (Å²) in [5.74, 6) is 1.85. The van der Waals surface area contributed by atoms with Gasteiger partial charge in [-0.1, -0.05) is 11.2 Å². The molecule has 3 rings (SSSR count). The van der Waals surface area contributed by atoms with Gasteiger partial charge in [0, 0.05) is 12.1 Å². The molecule has 1 amide bonds. The first-order valence-corrected chi connectivity index (χ1v) is 6.98. The lowest BCUT2D eigenvalue weighted by Gasteiger charge is -2.18. The quantitative estimate of drug-likeness (QED) is 0.875. The third-order valence-corrected chi connectivity index (χ3v) is 3.11. The first-order chi connectivity index (χ1) is 10.7. The highest BCUT2D eigenvalue weighted by Crippen LogP contribution is 2.31. The maximum Gasteiger partial charge on any atom is 0.244 e. The second-order valence-electron chi connectivity index (χ2n) is 4.89. The molecule has 0 bridgehead atoms. The molecule has 1 aliphatic rings. The maximum atomic E-state index is 11.8. The topological polar surface area (TPSA) is 73.6 Å². The largest absolute Gasteiger partial charge is 0.486 e. The van der Waals surface area contributed by atoms with Gasteiger partial charge in [-0.3, -0.25) is 4.79 Å². The van der Waals surface area contributed by atoms with E-state index in [-0.39, 0.29) is 5.91 Å². The standard InChI is InChI=1S/C16H16N2O4/c1-11-8-13(22-18-11)10-17-16(19)5-3-12-2-4-14-15(9-12)21-7-6-20-14/h2-5,8-9H,6-7,10H2,1H3,(H,17,19)/b5-3+. The van der Waals surface area contributed by atoms with Crippen molar-refractivity contribution in [3.05, 3.63) is 47.4 Å². The molecule has 1 N–H and O–H groups in total. The summed E-state index contributed by atoms with van der Waals surface area (Å²) in [5, 5.41) is 6.49. The molecule has 0 atom stereocenters. The number of carbonyl (C=O) groups is 1. The Balaban J connectivity index is 1.57. The number of nitrogens with zero attached hydrogens (tertiary/aromatic N) is 1. The van der Waals surface area contributed by atoms with Gasteiger partial charge in [0.15, 0.2) is 17.3 Å². The highest BCUT2D eigenvalue weighted by molar-refractivity contribution is 5.91. The smallest absolute Gasteiger partial charge is 0.244 e. The van der Waals surface area contributed by atoms with E-state index in [0.717, 1.165) is 17.0 Å². The molecule has 0 fully saturated rings. The van der Waals surface area contributed by atoms with Gasteiger partial charge in [-0.2, -0.15) is 0 Å². The summed E-state index contributed by atoms with van der Waals surface area (Å²) < 4.78 is 16.0. The van der Waals surface area contributed by atoms with Crippen LogP contribution < -0.4 is 14.8 Å². The van der Waals surface area contributed by atoms with Crippen LogP contribution in [0.5, 0.6) is 11.5 Å². The highest BCUT2D eigenvalue weighted by atomic mass is 16.6. The molecule has 22 heavy (non-hydrogen) atoms. The van der Waals surface area contributed by atoms with Gasteiger partial charge >= 0.3 is 0 Å². The zero-order valence-electron chi connectivity index (χ0n) is 12.2. The van der Waals surface area contributed by atoms with Crippen molar-refractivity contribution in [3.8, 4) is 11.5 Å². The molecule has 2 heterocycles. The monoisotopic (exact) mass is 300 g/mol. The summed E-state index contributed by atoms with van der Waals surface area (Å²) >= 11 is 0. The van der Waals surface area contributed by atoms with Crippen molar-refractivity contribution in [2.75, 3.05) is 13.2 Å². The molecule has 0 spiro atoms. The Morgan fingerprint density at radius 1 is 1.27 bits per heavy atom. The predicted molar refractivity (Wildman–Crippen MR) is 79.6 cm³/mol. The highest BCUT2D eigenvalue weighted by Gasteiger charge is 2.10. The number of benzene rings is 1. The maximum absolute atomic E-state index is 11.8. The van der Waals surface area contributed by atoms with Crippen molar-refractivity contribution >= 4 is 12.0 Å². The van der Waals surface area contributed by atoms with Crippen LogP contribution in [0.1, 0.15) is 17.0 Å². The fourth-order valence-electron chi connectivity index (χ4n) is 2.07. The van der Waals surface area contributed by atoms with E-state index in [4.69, 9.17) is 14.0 Å². The zero-order chi connectivity index (χ0) is 15.4. The molecule has 6 heteroatoms. The number of fused-ring (bicyclic) bond motifs is 1. The fraction of sp³-hybridized carbons (Fsp3) is 0.250. The van der Waals surface area contributed by atoms with E-state index >= 15 is 0 Å². The van der Waals surface area contributed by atoms with Crippen LogP contribution in [0.3, 0.4) is 0 Å². The van der Waals surface area contributed by atoms with Crippen LogP contribution in [0.2, 0.25) is 0 Å². The third kappa shape index (κ3) is 3.46. The number of nitrogens with one attached hydrogen (secondary N) is 1. The summed E-state index contributed by atoms with van der Waals surface area (Å²) in [5.41, 5.74) is 1.66. The molecule has 0 saturated carbocycles. The van der Waals surface area contributed by atoms with Crippen LogP contribution in [0.25, 0.3) is 6.08 Å². The number of aryl methyl sites for hydroxylation is 1. The molecular weight excluding hydrogens is 284 g/mol. The van der Waals surface area contributed by atoms with Gasteiger partial charge in [0.2, 0.25) is 5.91 Å². The average Bonchev–Trinajstić information content (AvgIpc) is 2.96. The summed E-state index contributed by atoms with van der Waals surface area (Å²) in [6.07, 6.45) is 3.19. The first-order valence-electron chi connectivity index (χ1n) is 6.98.